The zero-order valence-corrected chi connectivity index (χ0v) is 8.85. The van der Waals surface area contributed by atoms with E-state index in [1.165, 1.54) is 19.3 Å². The molecule has 0 aliphatic carbocycles. The standard InChI is InChI=1S/C10H17N3O2/c14-8-4-5-9-11-10(12-15-9)13-6-2-1-3-7-13/h14H,1-8H2. The van der Waals surface area contributed by atoms with E-state index in [9.17, 15) is 0 Å². The van der Waals surface area contributed by atoms with Crippen molar-refractivity contribution in [1.82, 2.24) is 10.1 Å². The SMILES string of the molecule is OCCCc1nc(N2CCCCC2)no1. The number of aromatic nitrogens is 2. The van der Waals surface area contributed by atoms with Gasteiger partial charge < -0.3 is 14.5 Å². The summed E-state index contributed by atoms with van der Waals surface area (Å²) in [6, 6.07) is 0. The number of piperidine rings is 1. The summed E-state index contributed by atoms with van der Waals surface area (Å²) in [5, 5.41) is 12.6. The van der Waals surface area contributed by atoms with E-state index in [2.05, 4.69) is 15.0 Å². The van der Waals surface area contributed by atoms with Crippen molar-refractivity contribution in [2.45, 2.75) is 32.1 Å². The molecule has 0 aromatic carbocycles. The molecule has 1 N–H and O–H groups in total. The van der Waals surface area contributed by atoms with Crippen molar-refractivity contribution in [3.8, 4) is 0 Å². The maximum Gasteiger partial charge on any atom is 0.266 e. The molecule has 0 bridgehead atoms. The van der Waals surface area contributed by atoms with E-state index in [0.29, 0.717) is 24.7 Å². The molecular formula is C10H17N3O2. The summed E-state index contributed by atoms with van der Waals surface area (Å²) in [6.45, 7) is 2.22. The Morgan fingerprint density at radius 1 is 1.27 bits per heavy atom. The van der Waals surface area contributed by atoms with Gasteiger partial charge in [0.05, 0.1) is 0 Å². The number of aryl methyl sites for hydroxylation is 1. The van der Waals surface area contributed by atoms with Crippen LogP contribution in [0.25, 0.3) is 0 Å². The first-order valence-corrected chi connectivity index (χ1v) is 5.58. The molecule has 0 spiro atoms. The van der Waals surface area contributed by atoms with Gasteiger partial charge in [0.15, 0.2) is 0 Å². The molecule has 0 atom stereocenters. The fourth-order valence-electron chi connectivity index (χ4n) is 1.80. The Hall–Kier alpha value is -1.10. The van der Waals surface area contributed by atoms with Gasteiger partial charge in [-0.3, -0.25) is 0 Å². The molecule has 0 amide bonds. The van der Waals surface area contributed by atoms with E-state index in [1.54, 1.807) is 0 Å². The molecule has 1 fully saturated rings. The van der Waals surface area contributed by atoms with Crippen LogP contribution in [0.15, 0.2) is 4.52 Å². The van der Waals surface area contributed by atoms with Gasteiger partial charge in [-0.1, -0.05) is 0 Å². The highest BCUT2D eigenvalue weighted by Gasteiger charge is 2.16. The van der Waals surface area contributed by atoms with Crippen molar-refractivity contribution >= 4 is 5.95 Å². The first-order valence-electron chi connectivity index (χ1n) is 5.58. The van der Waals surface area contributed by atoms with Gasteiger partial charge in [0.1, 0.15) is 0 Å². The third-order valence-corrected chi connectivity index (χ3v) is 2.65. The van der Waals surface area contributed by atoms with Crippen LogP contribution in [0.4, 0.5) is 5.95 Å². The lowest BCUT2D eigenvalue weighted by Gasteiger charge is -2.24. The zero-order chi connectivity index (χ0) is 10.5. The maximum atomic E-state index is 8.68. The van der Waals surface area contributed by atoms with Crippen LogP contribution in [0.5, 0.6) is 0 Å². The Morgan fingerprint density at radius 2 is 2.07 bits per heavy atom. The molecule has 1 aromatic heterocycles. The summed E-state index contributed by atoms with van der Waals surface area (Å²) in [5.74, 6) is 1.34. The second-order valence-corrected chi connectivity index (χ2v) is 3.86. The number of rotatable bonds is 4. The summed E-state index contributed by atoms with van der Waals surface area (Å²) < 4.78 is 5.11. The van der Waals surface area contributed by atoms with Gasteiger partial charge in [-0.05, 0) is 30.8 Å². The van der Waals surface area contributed by atoms with Gasteiger partial charge in [-0.2, -0.15) is 4.98 Å². The van der Waals surface area contributed by atoms with Crippen molar-refractivity contribution in [2.75, 3.05) is 24.6 Å². The minimum absolute atomic E-state index is 0.168. The fraction of sp³-hybridized carbons (Fsp3) is 0.800. The van der Waals surface area contributed by atoms with Gasteiger partial charge in [0, 0.05) is 26.1 Å². The van der Waals surface area contributed by atoms with Crippen LogP contribution in [-0.4, -0.2) is 34.9 Å². The summed E-state index contributed by atoms with van der Waals surface area (Å²) >= 11 is 0. The average molecular weight is 211 g/mol. The zero-order valence-electron chi connectivity index (χ0n) is 8.85. The van der Waals surface area contributed by atoms with Crippen LogP contribution < -0.4 is 4.90 Å². The maximum absolute atomic E-state index is 8.68. The van der Waals surface area contributed by atoms with E-state index in [0.717, 1.165) is 13.1 Å². The van der Waals surface area contributed by atoms with Crippen LogP contribution in [0.2, 0.25) is 0 Å². The van der Waals surface area contributed by atoms with Crippen LogP contribution in [0.3, 0.4) is 0 Å². The Balaban J connectivity index is 1.93. The molecule has 15 heavy (non-hydrogen) atoms. The number of aliphatic hydroxyl groups is 1. The Kier molecular flexibility index (Phi) is 3.55. The van der Waals surface area contributed by atoms with Gasteiger partial charge in [0.25, 0.3) is 5.95 Å². The first kappa shape index (κ1) is 10.4. The van der Waals surface area contributed by atoms with E-state index in [4.69, 9.17) is 9.63 Å². The number of hydrogen-bond donors (Lipinski definition) is 1. The van der Waals surface area contributed by atoms with Crippen LogP contribution in [0, 0.1) is 0 Å². The molecule has 2 rings (SSSR count). The Morgan fingerprint density at radius 3 is 2.80 bits per heavy atom. The second kappa shape index (κ2) is 5.11. The fourth-order valence-corrected chi connectivity index (χ4v) is 1.80. The van der Waals surface area contributed by atoms with Gasteiger partial charge in [-0.25, -0.2) is 0 Å². The van der Waals surface area contributed by atoms with Crippen molar-refractivity contribution < 1.29 is 9.63 Å². The first-order chi connectivity index (χ1) is 7.40. The second-order valence-electron chi connectivity index (χ2n) is 3.86. The predicted octanol–water partition coefficient (Wildman–Crippen LogP) is 0.985. The van der Waals surface area contributed by atoms with Crippen molar-refractivity contribution in [3.05, 3.63) is 5.89 Å². The molecule has 1 aliphatic rings. The topological polar surface area (TPSA) is 62.4 Å². The largest absolute Gasteiger partial charge is 0.396 e. The van der Waals surface area contributed by atoms with Crippen LogP contribution in [-0.2, 0) is 6.42 Å². The number of hydrogen-bond acceptors (Lipinski definition) is 5. The molecule has 5 heteroatoms. The monoisotopic (exact) mass is 211 g/mol. The Labute approximate surface area is 89.1 Å². The third-order valence-electron chi connectivity index (χ3n) is 2.65. The van der Waals surface area contributed by atoms with Gasteiger partial charge in [0.2, 0.25) is 5.89 Å². The molecule has 0 unspecified atom stereocenters. The summed E-state index contributed by atoms with van der Waals surface area (Å²) in [4.78, 5) is 6.47. The number of nitrogens with zero attached hydrogens (tertiary/aromatic N) is 3. The van der Waals surface area contributed by atoms with Gasteiger partial charge in [-0.15, -0.1) is 0 Å². The molecule has 0 saturated carbocycles. The van der Waals surface area contributed by atoms with Crippen molar-refractivity contribution in [3.63, 3.8) is 0 Å². The summed E-state index contributed by atoms with van der Waals surface area (Å²) in [5.41, 5.74) is 0. The average Bonchev–Trinajstić information content (AvgIpc) is 2.76. The minimum Gasteiger partial charge on any atom is -0.396 e. The lowest BCUT2D eigenvalue weighted by molar-refractivity contribution is 0.278. The van der Waals surface area contributed by atoms with Crippen molar-refractivity contribution in [2.24, 2.45) is 0 Å². The highest BCUT2D eigenvalue weighted by Crippen LogP contribution is 2.16. The molecule has 5 nitrogen and oxygen atoms in total. The lowest BCUT2D eigenvalue weighted by Crippen LogP contribution is -2.30. The van der Waals surface area contributed by atoms with Crippen LogP contribution in [0.1, 0.15) is 31.6 Å². The highest BCUT2D eigenvalue weighted by atomic mass is 16.5. The molecule has 2 heterocycles. The van der Waals surface area contributed by atoms with Crippen LogP contribution >= 0.6 is 0 Å². The molecular weight excluding hydrogens is 194 g/mol. The highest BCUT2D eigenvalue weighted by molar-refractivity contribution is 5.27. The normalized spacial score (nSPS) is 17.0. The smallest absolute Gasteiger partial charge is 0.266 e. The van der Waals surface area contributed by atoms with Crippen molar-refractivity contribution in [1.29, 1.82) is 0 Å². The molecule has 1 aromatic rings. The lowest BCUT2D eigenvalue weighted by atomic mass is 10.1. The molecule has 1 saturated heterocycles. The summed E-state index contributed by atoms with van der Waals surface area (Å²) in [6.07, 6.45) is 5.06. The quantitative estimate of drug-likeness (QED) is 0.804. The number of anilines is 1. The predicted molar refractivity (Wildman–Crippen MR) is 55.8 cm³/mol. The van der Waals surface area contributed by atoms with E-state index >= 15 is 0 Å². The number of aliphatic hydroxyl groups excluding tert-OH is 1. The van der Waals surface area contributed by atoms with E-state index in [1.807, 2.05) is 0 Å². The molecule has 84 valence electrons. The third kappa shape index (κ3) is 2.68. The summed E-state index contributed by atoms with van der Waals surface area (Å²) in [7, 11) is 0. The van der Waals surface area contributed by atoms with Gasteiger partial charge >= 0.3 is 0 Å². The Bertz CT molecular complexity index is 295. The minimum atomic E-state index is 0.168. The molecule has 0 radical (unpaired) electrons. The van der Waals surface area contributed by atoms with E-state index < -0.39 is 0 Å². The van der Waals surface area contributed by atoms with E-state index in [-0.39, 0.29) is 6.61 Å². The molecule has 1 aliphatic heterocycles.